The third kappa shape index (κ3) is 5.05. The number of carbonyl (C=O) groups excluding carboxylic acids is 1. The highest BCUT2D eigenvalue weighted by atomic mass is 32.2. The predicted molar refractivity (Wildman–Crippen MR) is 161 cm³/mol. The van der Waals surface area contributed by atoms with Gasteiger partial charge < -0.3 is 14.6 Å². The van der Waals surface area contributed by atoms with Crippen molar-refractivity contribution < 1.29 is 22.3 Å². The molecule has 0 bridgehead atoms. The van der Waals surface area contributed by atoms with Crippen LogP contribution in [0.4, 0.5) is 4.39 Å². The highest BCUT2D eigenvalue weighted by Gasteiger charge is 2.27. The molecule has 9 heteroatoms. The van der Waals surface area contributed by atoms with Crippen LogP contribution in [0.2, 0.25) is 0 Å². The third-order valence-corrected chi connectivity index (χ3v) is 8.84. The van der Waals surface area contributed by atoms with Gasteiger partial charge in [-0.1, -0.05) is 49.4 Å². The van der Waals surface area contributed by atoms with Gasteiger partial charge in [0.1, 0.15) is 28.9 Å². The summed E-state index contributed by atoms with van der Waals surface area (Å²) in [6, 6.07) is 22.7. The lowest BCUT2D eigenvalue weighted by Gasteiger charge is -2.22. The van der Waals surface area contributed by atoms with Gasteiger partial charge in [-0.15, -0.1) is 0 Å². The number of rotatable bonds is 5. The number of aromatic amines is 1. The Morgan fingerprint density at radius 1 is 1.02 bits per heavy atom. The van der Waals surface area contributed by atoms with Crippen LogP contribution in [0, 0.1) is 12.7 Å². The molecule has 0 spiro atoms. The van der Waals surface area contributed by atoms with Crippen LogP contribution < -0.4 is 4.74 Å². The summed E-state index contributed by atoms with van der Waals surface area (Å²) >= 11 is 0. The Balaban J connectivity index is 1.27. The zero-order valence-electron chi connectivity index (χ0n) is 23.6. The molecule has 1 amide bonds. The first kappa shape index (κ1) is 27.7. The van der Waals surface area contributed by atoms with Gasteiger partial charge in [0.25, 0.3) is 5.91 Å². The van der Waals surface area contributed by atoms with E-state index < -0.39 is 20.5 Å². The van der Waals surface area contributed by atoms with Gasteiger partial charge in [-0.3, -0.25) is 4.79 Å². The molecule has 5 aromatic rings. The molecule has 1 aromatic heterocycles. The van der Waals surface area contributed by atoms with Crippen molar-refractivity contribution >= 4 is 26.8 Å². The molecule has 0 unspecified atom stereocenters. The lowest BCUT2D eigenvalue weighted by atomic mass is 10.00. The number of ether oxygens (including phenoxy) is 1. The van der Waals surface area contributed by atoms with Gasteiger partial charge in [-0.25, -0.2) is 17.8 Å². The molecule has 0 aliphatic carbocycles. The van der Waals surface area contributed by atoms with Crippen LogP contribution in [-0.4, -0.2) is 48.6 Å². The summed E-state index contributed by atoms with van der Waals surface area (Å²) in [5, 5.41) is 0. The van der Waals surface area contributed by atoms with E-state index in [-0.39, 0.29) is 36.6 Å². The minimum atomic E-state index is -3.76. The van der Waals surface area contributed by atoms with Crippen molar-refractivity contribution in [3.05, 3.63) is 101 Å². The van der Waals surface area contributed by atoms with Crippen LogP contribution in [0.5, 0.6) is 5.75 Å². The molecule has 4 aromatic carbocycles. The molecule has 1 aliphatic rings. The Labute approximate surface area is 243 Å². The summed E-state index contributed by atoms with van der Waals surface area (Å²) in [7, 11) is -3.76. The Kier molecular flexibility index (Phi) is 7.06. The summed E-state index contributed by atoms with van der Waals surface area (Å²) in [5.74, 6) is 0.277. The highest BCUT2D eigenvalue weighted by molar-refractivity contribution is 7.90. The molecule has 1 N–H and O–H groups in total. The number of benzene rings is 4. The van der Waals surface area contributed by atoms with Crippen molar-refractivity contribution in [2.45, 2.75) is 31.7 Å². The average molecular weight is 584 g/mol. The number of amides is 1. The summed E-state index contributed by atoms with van der Waals surface area (Å²) in [4.78, 5) is 23.0. The third-order valence-electron chi connectivity index (χ3n) is 7.72. The number of aromatic nitrogens is 2. The maximum Gasteiger partial charge on any atom is 0.254 e. The van der Waals surface area contributed by atoms with E-state index in [9.17, 15) is 13.2 Å². The van der Waals surface area contributed by atoms with E-state index in [1.165, 1.54) is 12.1 Å². The van der Waals surface area contributed by atoms with Crippen molar-refractivity contribution in [1.29, 1.82) is 0 Å². The van der Waals surface area contributed by atoms with E-state index in [2.05, 4.69) is 4.98 Å². The van der Waals surface area contributed by atoms with Crippen LogP contribution in [0.25, 0.3) is 33.5 Å². The number of carbonyl (C=O) groups is 1. The zero-order valence-corrected chi connectivity index (χ0v) is 24.4. The van der Waals surface area contributed by atoms with Gasteiger partial charge in [0.05, 0.1) is 17.6 Å². The standard InChI is InChI=1S/C33H30FN3O4S/c1-4-25-26(13-15-29(30(25)34)42(3,39)40)33(38)37-16-17-41-28-14-12-23(18-24(28)19-37)21-8-10-22(11-9-21)32-35-27-7-5-6-20(2)31(27)36-32/h5-15,18H,4,16-17,19H2,1-3H3,(H,35,36). The molecular formula is C33H30FN3O4S. The molecule has 0 fully saturated rings. The fourth-order valence-electron chi connectivity index (χ4n) is 5.48. The second kappa shape index (κ2) is 10.7. The van der Waals surface area contributed by atoms with Crippen molar-refractivity contribution in [3.63, 3.8) is 0 Å². The number of aryl methyl sites for hydroxylation is 1. The Bertz CT molecular complexity index is 1950. The van der Waals surface area contributed by atoms with Crippen molar-refractivity contribution in [2.75, 3.05) is 19.4 Å². The van der Waals surface area contributed by atoms with E-state index in [0.29, 0.717) is 12.3 Å². The number of nitrogens with zero attached hydrogens (tertiary/aromatic N) is 2. The fourth-order valence-corrected chi connectivity index (χ4v) is 6.25. The van der Waals surface area contributed by atoms with Crippen LogP contribution in [-0.2, 0) is 22.8 Å². The number of para-hydroxylation sites is 1. The normalized spacial score (nSPS) is 13.5. The van der Waals surface area contributed by atoms with Crippen LogP contribution in [0.3, 0.4) is 0 Å². The van der Waals surface area contributed by atoms with Gasteiger partial charge in [0.15, 0.2) is 9.84 Å². The topological polar surface area (TPSA) is 92.4 Å². The monoisotopic (exact) mass is 583 g/mol. The fraction of sp³-hybridized carbons (Fsp3) is 0.212. The number of sulfone groups is 1. The quantitative estimate of drug-likeness (QED) is 0.261. The van der Waals surface area contributed by atoms with Crippen molar-refractivity contribution in [1.82, 2.24) is 14.9 Å². The summed E-state index contributed by atoms with van der Waals surface area (Å²) in [6.45, 7) is 4.62. The lowest BCUT2D eigenvalue weighted by molar-refractivity contribution is 0.0731. The van der Waals surface area contributed by atoms with Gasteiger partial charge in [-0.2, -0.15) is 0 Å². The first-order chi connectivity index (χ1) is 20.1. The molecule has 0 saturated carbocycles. The maximum absolute atomic E-state index is 15.1. The molecule has 2 heterocycles. The second-order valence-corrected chi connectivity index (χ2v) is 12.5. The Hall–Kier alpha value is -4.50. The lowest BCUT2D eigenvalue weighted by Crippen LogP contribution is -2.33. The Morgan fingerprint density at radius 3 is 2.48 bits per heavy atom. The largest absolute Gasteiger partial charge is 0.491 e. The highest BCUT2D eigenvalue weighted by Crippen LogP contribution is 2.32. The van der Waals surface area contributed by atoms with Crippen molar-refractivity contribution in [3.8, 4) is 28.3 Å². The molecule has 6 rings (SSSR count). The molecule has 0 saturated heterocycles. The van der Waals surface area contributed by atoms with E-state index in [4.69, 9.17) is 9.72 Å². The second-order valence-electron chi connectivity index (χ2n) is 10.6. The Morgan fingerprint density at radius 2 is 1.76 bits per heavy atom. The average Bonchev–Trinajstić information content (AvgIpc) is 3.30. The minimum absolute atomic E-state index is 0.0989. The summed E-state index contributed by atoms with van der Waals surface area (Å²) < 4.78 is 45.1. The molecule has 0 radical (unpaired) electrons. The van der Waals surface area contributed by atoms with Crippen LogP contribution >= 0.6 is 0 Å². The minimum Gasteiger partial charge on any atom is -0.491 e. The van der Waals surface area contributed by atoms with E-state index in [1.54, 1.807) is 11.8 Å². The van der Waals surface area contributed by atoms with Gasteiger partial charge >= 0.3 is 0 Å². The molecule has 0 atom stereocenters. The first-order valence-corrected chi connectivity index (χ1v) is 15.7. The first-order valence-electron chi connectivity index (χ1n) is 13.8. The van der Waals surface area contributed by atoms with Gasteiger partial charge in [-0.05, 0) is 60.4 Å². The number of H-pyrrole nitrogens is 1. The van der Waals surface area contributed by atoms with E-state index in [0.717, 1.165) is 50.9 Å². The zero-order chi connectivity index (χ0) is 29.6. The maximum atomic E-state index is 15.1. The van der Waals surface area contributed by atoms with Gasteiger partial charge in [0, 0.05) is 35.1 Å². The van der Waals surface area contributed by atoms with E-state index >= 15 is 4.39 Å². The molecular weight excluding hydrogens is 553 g/mol. The number of hydrogen-bond acceptors (Lipinski definition) is 5. The number of nitrogens with one attached hydrogen (secondary N) is 1. The van der Waals surface area contributed by atoms with Crippen LogP contribution in [0.1, 0.15) is 34.0 Å². The number of fused-ring (bicyclic) bond motifs is 2. The summed E-state index contributed by atoms with van der Waals surface area (Å²) in [6.07, 6.45) is 1.14. The number of hydrogen-bond donors (Lipinski definition) is 1. The van der Waals surface area contributed by atoms with Crippen LogP contribution in [0.15, 0.2) is 77.7 Å². The predicted octanol–water partition coefficient (Wildman–Crippen LogP) is 6.35. The molecule has 214 valence electrons. The SMILES string of the molecule is CCc1c(C(=O)N2CCOc3ccc(-c4ccc(-c5nc6c(C)cccc6[nH]5)cc4)cc3C2)ccc(S(C)(=O)=O)c1F. The molecule has 1 aliphatic heterocycles. The number of imidazole rings is 1. The van der Waals surface area contributed by atoms with Crippen molar-refractivity contribution in [2.24, 2.45) is 0 Å². The van der Waals surface area contributed by atoms with Gasteiger partial charge in [0.2, 0.25) is 0 Å². The van der Waals surface area contributed by atoms with E-state index in [1.807, 2.05) is 67.6 Å². The molecule has 7 nitrogen and oxygen atoms in total. The smallest absolute Gasteiger partial charge is 0.254 e. The summed E-state index contributed by atoms with van der Waals surface area (Å²) in [5.41, 5.74) is 7.12. The number of halogens is 1. The molecule has 42 heavy (non-hydrogen) atoms.